The average Bonchev–Trinajstić information content (AvgIpc) is 3.32. The fourth-order valence-corrected chi connectivity index (χ4v) is 4.04. The molecule has 2 saturated heterocycles. The number of cyclic esters (lactones) is 1. The molecule has 2 fully saturated rings. The van der Waals surface area contributed by atoms with Gasteiger partial charge < -0.3 is 19.5 Å². The fourth-order valence-electron chi connectivity index (χ4n) is 4.04. The molecule has 0 bridgehead atoms. The first-order valence-corrected chi connectivity index (χ1v) is 10.2. The molecule has 8 nitrogen and oxygen atoms in total. The van der Waals surface area contributed by atoms with Crippen molar-refractivity contribution in [3.8, 4) is 0 Å². The number of rotatable bonds is 3. The summed E-state index contributed by atoms with van der Waals surface area (Å²) in [5, 5.41) is 0. The number of anilines is 2. The number of amides is 2. The Hall–Kier alpha value is -3.55. The van der Waals surface area contributed by atoms with Crippen LogP contribution in [0.3, 0.4) is 0 Å². The summed E-state index contributed by atoms with van der Waals surface area (Å²) >= 11 is 0. The number of benzene rings is 2. The molecule has 0 radical (unpaired) electrons. The van der Waals surface area contributed by atoms with Gasteiger partial charge in [-0.05, 0) is 36.8 Å². The molecule has 0 unspecified atom stereocenters. The quantitative estimate of drug-likeness (QED) is 0.725. The smallest absolute Gasteiger partial charge is 0.414 e. The van der Waals surface area contributed by atoms with Gasteiger partial charge in [-0.1, -0.05) is 18.2 Å². The molecule has 2 aliphatic rings. The second-order valence-corrected chi connectivity index (χ2v) is 7.53. The number of imidazole rings is 1. The minimum Gasteiger partial charge on any atom is -0.447 e. The maximum Gasteiger partial charge on any atom is 0.414 e. The number of ether oxygens (including phenoxy) is 1. The molecule has 1 aromatic heterocycles. The monoisotopic (exact) mass is 405 g/mol. The first kappa shape index (κ1) is 18.5. The fraction of sp³-hybridized carbons (Fsp3) is 0.318. The van der Waals surface area contributed by atoms with E-state index >= 15 is 0 Å². The van der Waals surface area contributed by atoms with E-state index in [1.54, 1.807) is 17.0 Å². The van der Waals surface area contributed by atoms with E-state index in [1.165, 1.54) is 0 Å². The van der Waals surface area contributed by atoms with Crippen LogP contribution in [0.25, 0.3) is 11.0 Å². The van der Waals surface area contributed by atoms with Gasteiger partial charge >= 0.3 is 6.09 Å². The Morgan fingerprint density at radius 2 is 1.90 bits per heavy atom. The number of nitrogens with zero attached hydrogens (tertiary/aromatic N) is 4. The van der Waals surface area contributed by atoms with E-state index < -0.39 is 0 Å². The van der Waals surface area contributed by atoms with Crippen LogP contribution >= 0.6 is 0 Å². The maximum atomic E-state index is 13.1. The summed E-state index contributed by atoms with van der Waals surface area (Å²) in [4.78, 5) is 38.7. The van der Waals surface area contributed by atoms with Gasteiger partial charge in [-0.2, -0.15) is 0 Å². The van der Waals surface area contributed by atoms with E-state index in [0.29, 0.717) is 44.0 Å². The lowest BCUT2D eigenvalue weighted by molar-refractivity contribution is 0.0767. The van der Waals surface area contributed by atoms with Crippen LogP contribution in [0.4, 0.5) is 16.4 Å². The maximum absolute atomic E-state index is 13.1. The van der Waals surface area contributed by atoms with E-state index in [2.05, 4.69) is 14.9 Å². The normalized spacial score (nSPS) is 17.3. The number of fused-ring (bicyclic) bond motifs is 1. The van der Waals surface area contributed by atoms with Crippen LogP contribution in [0.15, 0.2) is 48.5 Å². The molecule has 154 valence electrons. The zero-order valence-electron chi connectivity index (χ0n) is 16.6. The lowest BCUT2D eigenvalue weighted by Crippen LogP contribution is -2.35. The largest absolute Gasteiger partial charge is 0.447 e. The van der Waals surface area contributed by atoms with Gasteiger partial charge in [0.2, 0.25) is 5.95 Å². The number of aromatic nitrogens is 2. The molecule has 3 aromatic rings. The van der Waals surface area contributed by atoms with Crippen molar-refractivity contribution in [2.24, 2.45) is 0 Å². The molecule has 3 heterocycles. The number of aromatic amines is 1. The Morgan fingerprint density at radius 3 is 2.73 bits per heavy atom. The molecule has 2 aliphatic heterocycles. The second-order valence-electron chi connectivity index (χ2n) is 7.53. The van der Waals surface area contributed by atoms with Crippen molar-refractivity contribution in [2.45, 2.75) is 6.42 Å². The minimum absolute atomic E-state index is 0.0177. The van der Waals surface area contributed by atoms with Crippen LogP contribution in [0.2, 0.25) is 0 Å². The summed E-state index contributed by atoms with van der Waals surface area (Å²) < 4.78 is 5.01. The van der Waals surface area contributed by atoms with Crippen LogP contribution < -0.4 is 9.80 Å². The van der Waals surface area contributed by atoms with Crippen LogP contribution in [-0.4, -0.2) is 66.2 Å². The molecule has 0 atom stereocenters. The molecular weight excluding hydrogens is 382 g/mol. The van der Waals surface area contributed by atoms with Crippen molar-refractivity contribution in [3.05, 3.63) is 54.1 Å². The summed E-state index contributed by atoms with van der Waals surface area (Å²) in [6, 6.07) is 15.2. The van der Waals surface area contributed by atoms with Crippen LogP contribution in [0, 0.1) is 0 Å². The highest BCUT2D eigenvalue weighted by atomic mass is 16.6. The first-order chi connectivity index (χ1) is 14.7. The van der Waals surface area contributed by atoms with Crippen molar-refractivity contribution in [3.63, 3.8) is 0 Å². The van der Waals surface area contributed by atoms with E-state index in [-0.39, 0.29) is 12.0 Å². The highest BCUT2D eigenvalue weighted by molar-refractivity contribution is 5.97. The summed E-state index contributed by atoms with van der Waals surface area (Å²) in [5.74, 6) is 0.830. The predicted octanol–water partition coefficient (Wildman–Crippen LogP) is 2.87. The SMILES string of the molecule is O=C(c1cccc(N2CCOC2=O)c1)N1CCCN(c2nc3ccccc3[nH]2)CC1. The van der Waals surface area contributed by atoms with Gasteiger partial charge in [0, 0.05) is 37.4 Å². The molecule has 0 spiro atoms. The third kappa shape index (κ3) is 3.45. The Bertz CT molecular complexity index is 1060. The predicted molar refractivity (Wildman–Crippen MR) is 114 cm³/mol. The minimum atomic E-state index is -0.365. The van der Waals surface area contributed by atoms with Crippen molar-refractivity contribution in [1.29, 1.82) is 0 Å². The topological polar surface area (TPSA) is 81.8 Å². The molecule has 30 heavy (non-hydrogen) atoms. The van der Waals surface area contributed by atoms with E-state index in [1.807, 2.05) is 41.3 Å². The highest BCUT2D eigenvalue weighted by Crippen LogP contribution is 2.22. The van der Waals surface area contributed by atoms with Crippen molar-refractivity contribution in [2.75, 3.05) is 49.1 Å². The molecular formula is C22H23N5O3. The van der Waals surface area contributed by atoms with Gasteiger partial charge in [0.25, 0.3) is 5.91 Å². The molecule has 2 amide bonds. The zero-order valence-corrected chi connectivity index (χ0v) is 16.6. The molecule has 1 N–H and O–H groups in total. The summed E-state index contributed by atoms with van der Waals surface area (Å²) in [6.45, 7) is 3.73. The Labute approximate surface area is 174 Å². The van der Waals surface area contributed by atoms with Crippen LogP contribution in [0.1, 0.15) is 16.8 Å². The number of hydrogen-bond donors (Lipinski definition) is 1. The third-order valence-electron chi connectivity index (χ3n) is 5.63. The lowest BCUT2D eigenvalue weighted by Gasteiger charge is -2.22. The van der Waals surface area contributed by atoms with Gasteiger partial charge in [0.1, 0.15) is 6.61 Å². The number of H-pyrrole nitrogens is 1. The number of carbonyl (C=O) groups is 2. The van der Waals surface area contributed by atoms with E-state index in [9.17, 15) is 9.59 Å². The molecule has 2 aromatic carbocycles. The first-order valence-electron chi connectivity index (χ1n) is 10.2. The Kier molecular flexibility index (Phi) is 4.74. The van der Waals surface area contributed by atoms with Gasteiger partial charge in [0.05, 0.1) is 17.6 Å². The highest BCUT2D eigenvalue weighted by Gasteiger charge is 2.26. The lowest BCUT2D eigenvalue weighted by atomic mass is 10.1. The summed E-state index contributed by atoms with van der Waals surface area (Å²) in [6.07, 6.45) is 0.497. The van der Waals surface area contributed by atoms with Crippen LogP contribution in [0.5, 0.6) is 0 Å². The van der Waals surface area contributed by atoms with E-state index in [4.69, 9.17) is 4.74 Å². The van der Waals surface area contributed by atoms with Crippen molar-refractivity contribution in [1.82, 2.24) is 14.9 Å². The zero-order chi connectivity index (χ0) is 20.5. The average molecular weight is 405 g/mol. The van der Waals surface area contributed by atoms with Crippen molar-refractivity contribution < 1.29 is 14.3 Å². The number of nitrogens with one attached hydrogen (secondary N) is 1. The molecule has 0 saturated carbocycles. The Morgan fingerprint density at radius 1 is 1.00 bits per heavy atom. The van der Waals surface area contributed by atoms with E-state index in [0.717, 1.165) is 29.9 Å². The molecule has 0 aliphatic carbocycles. The van der Waals surface area contributed by atoms with Crippen LogP contribution in [-0.2, 0) is 4.74 Å². The number of carbonyl (C=O) groups excluding carboxylic acids is 2. The third-order valence-corrected chi connectivity index (χ3v) is 5.63. The molecule has 5 rings (SSSR count). The number of para-hydroxylation sites is 2. The van der Waals surface area contributed by atoms with Gasteiger partial charge in [-0.25, -0.2) is 9.78 Å². The summed E-state index contributed by atoms with van der Waals surface area (Å²) in [7, 11) is 0. The standard InChI is InChI=1S/C22H23N5O3/c28-20(16-5-3-6-17(15-16)27-13-14-30-22(27)29)25-9-4-10-26(12-11-25)21-23-18-7-1-2-8-19(18)24-21/h1-3,5-8,15H,4,9-14H2,(H,23,24). The van der Waals surface area contributed by atoms with Gasteiger partial charge in [0.15, 0.2) is 0 Å². The summed E-state index contributed by atoms with van der Waals surface area (Å²) in [5.41, 5.74) is 3.25. The number of hydrogen-bond acceptors (Lipinski definition) is 5. The van der Waals surface area contributed by atoms with Crippen molar-refractivity contribution >= 4 is 34.7 Å². The molecule has 8 heteroatoms. The Balaban J connectivity index is 1.30. The van der Waals surface area contributed by atoms with Gasteiger partial charge in [-0.15, -0.1) is 0 Å². The second kappa shape index (κ2) is 7.70. The van der Waals surface area contributed by atoms with Gasteiger partial charge in [-0.3, -0.25) is 9.69 Å².